The van der Waals surface area contributed by atoms with E-state index in [0.717, 1.165) is 93.9 Å². The molecule has 11 aromatic rings. The van der Waals surface area contributed by atoms with Crippen molar-refractivity contribution in [3.63, 3.8) is 0 Å². The normalized spacial score (nSPS) is 11.6. The lowest BCUT2D eigenvalue weighted by molar-refractivity contribution is 0.665. The number of nitrogens with zero attached hydrogens (tertiary/aromatic N) is 3. The zero-order valence-electron chi connectivity index (χ0n) is 30.1. The van der Waals surface area contributed by atoms with Crippen LogP contribution in [0.5, 0.6) is 0 Å². The molecule has 0 radical (unpaired) electrons. The van der Waals surface area contributed by atoms with Crippen LogP contribution in [-0.2, 0) is 0 Å². The second-order valence-corrected chi connectivity index (χ2v) is 14.0. The Balaban J connectivity index is 1.04. The average molecular weight is 718 g/mol. The molecule has 3 heterocycles. The van der Waals surface area contributed by atoms with E-state index in [2.05, 4.69) is 152 Å². The number of hydrogen-bond acceptors (Lipinski definition) is 5. The molecule has 11 rings (SSSR count). The molecule has 0 atom stereocenters. The molecule has 262 valence electrons. The fraction of sp³-hybridized carbons (Fsp3) is 0. The molecule has 0 fully saturated rings. The SMILES string of the molecule is c1ccc(-c2ccc(-c3nc(-c4ccc(-c5ccccc5)cc4)nc(-c4ccc5c(c4)oc4c(-c6cccc7c6oc6ccccc67)cccc45)n3)cc2)cc1. The van der Waals surface area contributed by atoms with Gasteiger partial charge in [-0.15, -0.1) is 0 Å². The standard InChI is InChI=1S/C51H31N3O2/c1-3-11-32(12-4-1)34-21-25-36(26-22-34)49-52-50(37-27-23-35(24-28-37)33-13-5-2-6-14-33)54-51(53-49)38-29-30-40-42-17-10-19-44(48(42)56-46(40)31-38)43-18-9-16-41-39-15-7-8-20-45(39)55-47(41)43/h1-31H. The number of hydrogen-bond donors (Lipinski definition) is 0. The Labute approximate surface area is 322 Å². The zero-order chi connectivity index (χ0) is 37.0. The van der Waals surface area contributed by atoms with Crippen molar-refractivity contribution in [2.45, 2.75) is 0 Å². The minimum atomic E-state index is 0.568. The van der Waals surface area contributed by atoms with Crippen LogP contribution in [0.2, 0.25) is 0 Å². The molecule has 0 aliphatic carbocycles. The lowest BCUT2D eigenvalue weighted by atomic mass is 10.00. The molecular weight excluding hydrogens is 687 g/mol. The lowest BCUT2D eigenvalue weighted by Gasteiger charge is -2.10. The topological polar surface area (TPSA) is 65.0 Å². The van der Waals surface area contributed by atoms with Gasteiger partial charge in [0.05, 0.1) is 0 Å². The van der Waals surface area contributed by atoms with E-state index in [9.17, 15) is 0 Å². The van der Waals surface area contributed by atoms with Gasteiger partial charge in [0.25, 0.3) is 0 Å². The van der Waals surface area contributed by atoms with Crippen LogP contribution in [0.4, 0.5) is 0 Å². The number of rotatable bonds is 6. The molecule has 56 heavy (non-hydrogen) atoms. The maximum Gasteiger partial charge on any atom is 0.164 e. The molecule has 0 amide bonds. The summed E-state index contributed by atoms with van der Waals surface area (Å²) in [6.07, 6.45) is 0. The van der Waals surface area contributed by atoms with E-state index in [1.165, 1.54) is 0 Å². The molecule has 0 saturated carbocycles. The Bertz CT molecular complexity index is 3120. The second-order valence-electron chi connectivity index (χ2n) is 14.0. The third-order valence-electron chi connectivity index (χ3n) is 10.6. The van der Waals surface area contributed by atoms with Gasteiger partial charge in [-0.05, 0) is 40.5 Å². The van der Waals surface area contributed by atoms with Crippen molar-refractivity contribution in [2.24, 2.45) is 0 Å². The fourth-order valence-corrected chi connectivity index (χ4v) is 7.76. The maximum atomic E-state index is 6.75. The van der Waals surface area contributed by atoms with Crippen LogP contribution in [0.15, 0.2) is 197 Å². The van der Waals surface area contributed by atoms with Gasteiger partial charge in [-0.2, -0.15) is 0 Å². The van der Waals surface area contributed by atoms with Crippen molar-refractivity contribution in [1.29, 1.82) is 0 Å². The number of aromatic nitrogens is 3. The van der Waals surface area contributed by atoms with Crippen LogP contribution in [0.1, 0.15) is 0 Å². The molecule has 0 bridgehead atoms. The lowest BCUT2D eigenvalue weighted by Crippen LogP contribution is -2.00. The van der Waals surface area contributed by atoms with E-state index in [0.29, 0.717) is 17.5 Å². The molecule has 0 unspecified atom stereocenters. The van der Waals surface area contributed by atoms with Crippen LogP contribution in [0, 0.1) is 0 Å². The van der Waals surface area contributed by atoms with Crippen LogP contribution in [0.3, 0.4) is 0 Å². The van der Waals surface area contributed by atoms with Gasteiger partial charge in [-0.3, -0.25) is 0 Å². The molecule has 0 spiro atoms. The largest absolute Gasteiger partial charge is 0.455 e. The summed E-state index contributed by atoms with van der Waals surface area (Å²) >= 11 is 0. The third kappa shape index (κ3) is 5.45. The first kappa shape index (κ1) is 31.9. The number of benzene rings is 8. The Morgan fingerprint density at radius 1 is 0.268 bits per heavy atom. The summed E-state index contributed by atoms with van der Waals surface area (Å²) in [6, 6.07) is 64.5. The summed E-state index contributed by atoms with van der Waals surface area (Å²) in [5.74, 6) is 1.77. The summed E-state index contributed by atoms with van der Waals surface area (Å²) < 4.78 is 13.2. The quantitative estimate of drug-likeness (QED) is 0.171. The average Bonchev–Trinajstić information content (AvgIpc) is 3.85. The monoisotopic (exact) mass is 717 g/mol. The highest BCUT2D eigenvalue weighted by molar-refractivity contribution is 6.15. The van der Waals surface area contributed by atoms with Gasteiger partial charge < -0.3 is 8.83 Å². The third-order valence-corrected chi connectivity index (χ3v) is 10.6. The number of para-hydroxylation sites is 3. The smallest absolute Gasteiger partial charge is 0.164 e. The van der Waals surface area contributed by atoms with Crippen molar-refractivity contribution in [3.8, 4) is 67.5 Å². The number of fused-ring (bicyclic) bond motifs is 6. The van der Waals surface area contributed by atoms with Crippen molar-refractivity contribution >= 4 is 43.9 Å². The van der Waals surface area contributed by atoms with E-state index >= 15 is 0 Å². The minimum absolute atomic E-state index is 0.568. The van der Waals surface area contributed by atoms with Gasteiger partial charge in [0, 0.05) is 49.4 Å². The first-order valence-corrected chi connectivity index (χ1v) is 18.7. The van der Waals surface area contributed by atoms with Crippen molar-refractivity contribution in [1.82, 2.24) is 15.0 Å². The van der Waals surface area contributed by atoms with E-state index in [1.807, 2.05) is 36.4 Å². The molecule has 3 aromatic heterocycles. The van der Waals surface area contributed by atoms with E-state index in [1.54, 1.807) is 0 Å². The molecule has 0 aliphatic heterocycles. The number of furan rings is 2. The first-order valence-electron chi connectivity index (χ1n) is 18.7. The Hall–Kier alpha value is -7.63. The highest BCUT2D eigenvalue weighted by Gasteiger charge is 2.19. The van der Waals surface area contributed by atoms with E-state index < -0.39 is 0 Å². The summed E-state index contributed by atoms with van der Waals surface area (Å²) in [7, 11) is 0. The van der Waals surface area contributed by atoms with E-state index in [4.69, 9.17) is 23.8 Å². The zero-order valence-corrected chi connectivity index (χ0v) is 30.1. The molecule has 0 aliphatic rings. The molecule has 0 N–H and O–H groups in total. The molecule has 5 heteroatoms. The molecular formula is C51H31N3O2. The Morgan fingerprint density at radius 2 is 0.661 bits per heavy atom. The molecule has 5 nitrogen and oxygen atoms in total. The van der Waals surface area contributed by atoms with Gasteiger partial charge >= 0.3 is 0 Å². The van der Waals surface area contributed by atoms with Gasteiger partial charge in [-0.25, -0.2) is 15.0 Å². The predicted octanol–water partition coefficient (Wildman–Crippen LogP) is 13.7. The highest BCUT2D eigenvalue weighted by atomic mass is 16.3. The van der Waals surface area contributed by atoms with E-state index in [-0.39, 0.29) is 0 Å². The van der Waals surface area contributed by atoms with Crippen LogP contribution in [-0.4, -0.2) is 15.0 Å². The van der Waals surface area contributed by atoms with Crippen LogP contribution >= 0.6 is 0 Å². The van der Waals surface area contributed by atoms with Crippen LogP contribution in [0.25, 0.3) is 111 Å². The van der Waals surface area contributed by atoms with Gasteiger partial charge in [0.2, 0.25) is 0 Å². The van der Waals surface area contributed by atoms with Gasteiger partial charge in [0.15, 0.2) is 17.5 Å². The molecule has 8 aromatic carbocycles. The summed E-state index contributed by atoms with van der Waals surface area (Å²) in [6.45, 7) is 0. The van der Waals surface area contributed by atoms with Gasteiger partial charge in [-0.1, -0.05) is 170 Å². The summed E-state index contributed by atoms with van der Waals surface area (Å²) in [4.78, 5) is 15.2. The van der Waals surface area contributed by atoms with Crippen molar-refractivity contribution in [3.05, 3.63) is 188 Å². The maximum absolute atomic E-state index is 6.75. The Morgan fingerprint density at radius 3 is 1.21 bits per heavy atom. The van der Waals surface area contributed by atoms with Crippen molar-refractivity contribution < 1.29 is 8.83 Å². The van der Waals surface area contributed by atoms with Crippen LogP contribution < -0.4 is 0 Å². The summed E-state index contributed by atoms with van der Waals surface area (Å²) in [5, 5.41) is 4.23. The van der Waals surface area contributed by atoms with Crippen molar-refractivity contribution in [2.75, 3.05) is 0 Å². The summed E-state index contributed by atoms with van der Waals surface area (Å²) in [5.41, 5.74) is 12.5. The minimum Gasteiger partial charge on any atom is -0.455 e. The van der Waals surface area contributed by atoms with Gasteiger partial charge in [0.1, 0.15) is 22.3 Å². The fourth-order valence-electron chi connectivity index (χ4n) is 7.76. The Kier molecular flexibility index (Phi) is 7.42. The predicted molar refractivity (Wildman–Crippen MR) is 227 cm³/mol. The highest BCUT2D eigenvalue weighted by Crippen LogP contribution is 2.41. The first-order chi connectivity index (χ1) is 27.7. The second kappa shape index (κ2) is 13.0. The molecule has 0 saturated heterocycles.